The van der Waals surface area contributed by atoms with Crippen molar-refractivity contribution in [2.24, 2.45) is 11.3 Å². The molecule has 1 saturated carbocycles. The summed E-state index contributed by atoms with van der Waals surface area (Å²) in [5, 5.41) is 4.38. The lowest BCUT2D eigenvalue weighted by Crippen LogP contribution is -2.08. The molecule has 0 N–H and O–H groups in total. The molecule has 2 rings (SSSR count). The largest absolute Gasteiger partial charge is 0.152 e. The molecule has 1 aromatic rings. The molecule has 0 amide bonds. The molecule has 0 saturated heterocycles. The molecule has 1 aliphatic rings. The molecule has 66 valence electrons. The fourth-order valence-corrected chi connectivity index (χ4v) is 2.97. The van der Waals surface area contributed by atoms with E-state index in [9.17, 15) is 0 Å². The predicted octanol–water partition coefficient (Wildman–Crippen LogP) is 3.56. The summed E-state index contributed by atoms with van der Waals surface area (Å²) in [7, 11) is 0. The Labute approximate surface area is 82.6 Å². The van der Waals surface area contributed by atoms with E-state index in [0.29, 0.717) is 5.41 Å². The van der Waals surface area contributed by atoms with Gasteiger partial charge in [-0.15, -0.1) is 11.6 Å². The van der Waals surface area contributed by atoms with E-state index in [1.165, 1.54) is 18.4 Å². The van der Waals surface area contributed by atoms with E-state index >= 15 is 0 Å². The normalized spacial score (nSPS) is 33.7. The molecule has 2 heteroatoms. The van der Waals surface area contributed by atoms with E-state index < -0.39 is 0 Å². The van der Waals surface area contributed by atoms with Gasteiger partial charge in [-0.25, -0.2) is 0 Å². The molecular formula is C10H13ClS. The Kier molecular flexibility index (Phi) is 2.18. The van der Waals surface area contributed by atoms with Gasteiger partial charge in [0, 0.05) is 5.88 Å². The van der Waals surface area contributed by atoms with Crippen molar-refractivity contribution in [3.63, 3.8) is 0 Å². The van der Waals surface area contributed by atoms with Crippen LogP contribution >= 0.6 is 22.9 Å². The minimum Gasteiger partial charge on any atom is -0.152 e. The zero-order chi connectivity index (χ0) is 8.60. The van der Waals surface area contributed by atoms with E-state index in [-0.39, 0.29) is 0 Å². The summed E-state index contributed by atoms with van der Waals surface area (Å²) in [5.74, 6) is 1.65. The highest BCUT2D eigenvalue weighted by Crippen LogP contribution is 2.55. The van der Waals surface area contributed by atoms with Crippen LogP contribution in [0.2, 0.25) is 0 Å². The van der Waals surface area contributed by atoms with Crippen LogP contribution in [0.25, 0.3) is 0 Å². The van der Waals surface area contributed by atoms with E-state index in [2.05, 4.69) is 23.8 Å². The first-order valence-electron chi connectivity index (χ1n) is 4.34. The third kappa shape index (κ3) is 1.40. The first kappa shape index (κ1) is 8.58. The van der Waals surface area contributed by atoms with Gasteiger partial charge in [0.2, 0.25) is 0 Å². The summed E-state index contributed by atoms with van der Waals surface area (Å²) in [6, 6.07) is 2.21. The maximum atomic E-state index is 5.97. The maximum absolute atomic E-state index is 5.97. The minimum atomic E-state index is 0.447. The van der Waals surface area contributed by atoms with Crippen LogP contribution in [0.3, 0.4) is 0 Å². The molecule has 2 atom stereocenters. The molecule has 1 heterocycles. The van der Waals surface area contributed by atoms with Gasteiger partial charge in [-0.05, 0) is 46.6 Å². The van der Waals surface area contributed by atoms with E-state index in [1.807, 2.05) is 0 Å². The molecule has 12 heavy (non-hydrogen) atoms. The zero-order valence-corrected chi connectivity index (χ0v) is 8.79. The van der Waals surface area contributed by atoms with Crippen molar-refractivity contribution in [3.8, 4) is 0 Å². The van der Waals surface area contributed by atoms with Gasteiger partial charge in [-0.3, -0.25) is 0 Å². The maximum Gasteiger partial charge on any atom is 0.0285 e. The average Bonchev–Trinajstić information content (AvgIpc) is 2.51. The second kappa shape index (κ2) is 3.04. The number of halogens is 1. The van der Waals surface area contributed by atoms with Crippen LogP contribution in [-0.2, 0) is 6.42 Å². The average molecular weight is 201 g/mol. The summed E-state index contributed by atoms with van der Waals surface area (Å²) in [6.45, 7) is 2.30. The Balaban J connectivity index is 2.04. The highest BCUT2D eigenvalue weighted by Gasteiger charge is 2.49. The molecule has 0 radical (unpaired) electrons. The van der Waals surface area contributed by atoms with Crippen molar-refractivity contribution in [2.45, 2.75) is 19.8 Å². The smallest absolute Gasteiger partial charge is 0.0285 e. The van der Waals surface area contributed by atoms with Crippen LogP contribution in [0.1, 0.15) is 18.9 Å². The standard InChI is InChI=1S/C10H13ClS/c1-8-4-10(8,7-11)5-9-2-3-12-6-9/h2-3,6,8H,4-5,7H2,1H3. The summed E-state index contributed by atoms with van der Waals surface area (Å²) < 4.78 is 0. The number of rotatable bonds is 3. The molecule has 0 nitrogen and oxygen atoms in total. The van der Waals surface area contributed by atoms with E-state index in [4.69, 9.17) is 11.6 Å². The lowest BCUT2D eigenvalue weighted by atomic mass is 9.98. The molecule has 1 fully saturated rings. The van der Waals surface area contributed by atoms with Crippen molar-refractivity contribution in [2.75, 3.05) is 5.88 Å². The highest BCUT2D eigenvalue weighted by atomic mass is 35.5. The Morgan fingerprint density at radius 1 is 1.75 bits per heavy atom. The first-order chi connectivity index (χ1) is 5.77. The van der Waals surface area contributed by atoms with Crippen LogP contribution in [-0.4, -0.2) is 5.88 Å². The summed E-state index contributed by atoms with van der Waals surface area (Å²) in [5.41, 5.74) is 1.91. The SMILES string of the molecule is CC1CC1(CCl)Cc1ccsc1. The highest BCUT2D eigenvalue weighted by molar-refractivity contribution is 7.07. The Morgan fingerprint density at radius 3 is 2.92 bits per heavy atom. The van der Waals surface area contributed by atoms with E-state index in [1.54, 1.807) is 11.3 Å². The van der Waals surface area contributed by atoms with Gasteiger partial charge in [-0.2, -0.15) is 11.3 Å². The number of hydrogen-bond donors (Lipinski definition) is 0. The van der Waals surface area contributed by atoms with Gasteiger partial charge in [0.05, 0.1) is 0 Å². The van der Waals surface area contributed by atoms with Gasteiger partial charge in [0.1, 0.15) is 0 Å². The fourth-order valence-electron chi connectivity index (χ4n) is 1.83. The topological polar surface area (TPSA) is 0 Å². The van der Waals surface area contributed by atoms with Gasteiger partial charge in [0.15, 0.2) is 0 Å². The summed E-state index contributed by atoms with van der Waals surface area (Å²) in [6.07, 6.45) is 2.49. The van der Waals surface area contributed by atoms with Crippen molar-refractivity contribution in [1.29, 1.82) is 0 Å². The predicted molar refractivity (Wildman–Crippen MR) is 55.0 cm³/mol. The lowest BCUT2D eigenvalue weighted by molar-refractivity contribution is 0.526. The Morgan fingerprint density at radius 2 is 2.50 bits per heavy atom. The van der Waals surface area contributed by atoms with Crippen LogP contribution in [0.15, 0.2) is 16.8 Å². The van der Waals surface area contributed by atoms with E-state index in [0.717, 1.165) is 11.8 Å². The van der Waals surface area contributed by atoms with Crippen LogP contribution in [0, 0.1) is 11.3 Å². The molecular weight excluding hydrogens is 188 g/mol. The molecule has 1 aliphatic carbocycles. The molecule has 1 aromatic heterocycles. The van der Waals surface area contributed by atoms with Gasteiger partial charge in [0.25, 0.3) is 0 Å². The van der Waals surface area contributed by atoms with Crippen LogP contribution in [0.4, 0.5) is 0 Å². The second-order valence-corrected chi connectivity index (χ2v) is 4.96. The lowest BCUT2D eigenvalue weighted by Gasteiger charge is -2.10. The van der Waals surface area contributed by atoms with Crippen molar-refractivity contribution in [1.82, 2.24) is 0 Å². The Hall–Kier alpha value is -0.0100. The van der Waals surface area contributed by atoms with Gasteiger partial charge >= 0.3 is 0 Å². The summed E-state index contributed by atoms with van der Waals surface area (Å²) >= 11 is 7.75. The number of hydrogen-bond acceptors (Lipinski definition) is 1. The first-order valence-corrected chi connectivity index (χ1v) is 5.82. The molecule has 0 aliphatic heterocycles. The number of thiophene rings is 1. The van der Waals surface area contributed by atoms with Crippen LogP contribution in [0.5, 0.6) is 0 Å². The number of alkyl halides is 1. The van der Waals surface area contributed by atoms with Crippen molar-refractivity contribution >= 4 is 22.9 Å². The zero-order valence-electron chi connectivity index (χ0n) is 7.22. The monoisotopic (exact) mass is 200 g/mol. The second-order valence-electron chi connectivity index (χ2n) is 3.91. The molecule has 0 aromatic carbocycles. The van der Waals surface area contributed by atoms with Gasteiger partial charge in [-0.1, -0.05) is 6.92 Å². The summed E-state index contributed by atoms with van der Waals surface area (Å²) in [4.78, 5) is 0. The quantitative estimate of drug-likeness (QED) is 0.655. The molecule has 2 unspecified atom stereocenters. The third-order valence-corrected chi connectivity index (χ3v) is 4.26. The minimum absolute atomic E-state index is 0.447. The fraction of sp³-hybridized carbons (Fsp3) is 0.600. The van der Waals surface area contributed by atoms with Gasteiger partial charge < -0.3 is 0 Å². The molecule has 0 spiro atoms. The Bertz CT molecular complexity index is 251. The van der Waals surface area contributed by atoms with Crippen molar-refractivity contribution in [3.05, 3.63) is 22.4 Å². The molecule has 0 bridgehead atoms. The van der Waals surface area contributed by atoms with Crippen LogP contribution < -0.4 is 0 Å². The third-order valence-electron chi connectivity index (χ3n) is 3.00. The van der Waals surface area contributed by atoms with Crippen molar-refractivity contribution < 1.29 is 0 Å².